The Balaban J connectivity index is 2.01. The van der Waals surface area contributed by atoms with Gasteiger partial charge >= 0.3 is 0 Å². The number of thioether (sulfide) groups is 1. The Morgan fingerprint density at radius 1 is 1.50 bits per heavy atom. The number of hydrogen-bond donors (Lipinski definition) is 4. The maximum Gasteiger partial charge on any atom is 0.271 e. The van der Waals surface area contributed by atoms with Crippen molar-refractivity contribution in [1.82, 2.24) is 21.5 Å². The highest BCUT2D eigenvalue weighted by atomic mass is 32.2. The standard InChI is InChI=1S/C10H18N4OS/c1-7-9(15)12-10(16-2,14-13-7)11-8-5-3-4-6-8/h8,11,13-14H,1,3-6H2,2H3,(H,12,15)/t10-/m1/s1. The highest BCUT2D eigenvalue weighted by Gasteiger charge is 2.37. The van der Waals surface area contributed by atoms with Crippen LogP contribution in [0.3, 0.4) is 0 Å². The summed E-state index contributed by atoms with van der Waals surface area (Å²) in [7, 11) is 0. The molecule has 0 unspecified atom stereocenters. The van der Waals surface area contributed by atoms with Gasteiger partial charge in [-0.2, -0.15) is 5.43 Å². The van der Waals surface area contributed by atoms with Gasteiger partial charge in [-0.05, 0) is 19.1 Å². The van der Waals surface area contributed by atoms with E-state index in [4.69, 9.17) is 0 Å². The predicted octanol–water partition coefficient (Wildman–Crippen LogP) is 0.231. The van der Waals surface area contributed by atoms with Gasteiger partial charge in [0.15, 0.2) is 0 Å². The first-order valence-corrected chi connectivity index (χ1v) is 6.75. The lowest BCUT2D eigenvalue weighted by atomic mass is 10.2. The third-order valence-corrected chi connectivity index (χ3v) is 3.96. The van der Waals surface area contributed by atoms with Crippen molar-refractivity contribution in [2.75, 3.05) is 6.26 Å². The summed E-state index contributed by atoms with van der Waals surface area (Å²) < 4.78 is 0. The fraction of sp³-hybridized carbons (Fsp3) is 0.700. The minimum Gasteiger partial charge on any atom is -0.313 e. The van der Waals surface area contributed by atoms with Crippen molar-refractivity contribution < 1.29 is 4.79 Å². The van der Waals surface area contributed by atoms with Gasteiger partial charge in [-0.3, -0.25) is 10.1 Å². The first-order valence-electron chi connectivity index (χ1n) is 5.53. The van der Waals surface area contributed by atoms with E-state index in [-0.39, 0.29) is 5.91 Å². The minimum atomic E-state index is -0.618. The number of amides is 1. The van der Waals surface area contributed by atoms with E-state index in [0.717, 1.165) is 0 Å². The second kappa shape index (κ2) is 4.65. The average Bonchev–Trinajstić information content (AvgIpc) is 2.76. The molecule has 1 saturated carbocycles. The van der Waals surface area contributed by atoms with Crippen molar-refractivity contribution in [2.24, 2.45) is 0 Å². The highest BCUT2D eigenvalue weighted by Crippen LogP contribution is 2.23. The van der Waals surface area contributed by atoms with Crippen LogP contribution in [0, 0.1) is 0 Å². The molecule has 6 heteroatoms. The largest absolute Gasteiger partial charge is 0.313 e. The smallest absolute Gasteiger partial charge is 0.271 e. The number of hydrazine groups is 1. The Labute approximate surface area is 99.8 Å². The molecule has 2 rings (SSSR count). The molecule has 0 aromatic carbocycles. The zero-order valence-corrected chi connectivity index (χ0v) is 10.2. The van der Waals surface area contributed by atoms with Gasteiger partial charge in [0, 0.05) is 6.04 Å². The molecule has 0 radical (unpaired) electrons. The second-order valence-corrected chi connectivity index (χ2v) is 5.21. The summed E-state index contributed by atoms with van der Waals surface area (Å²) in [4.78, 5) is 11.6. The van der Waals surface area contributed by atoms with Crippen LogP contribution in [0.25, 0.3) is 0 Å². The van der Waals surface area contributed by atoms with E-state index in [2.05, 4.69) is 28.1 Å². The van der Waals surface area contributed by atoms with Gasteiger partial charge in [0.25, 0.3) is 5.91 Å². The highest BCUT2D eigenvalue weighted by molar-refractivity contribution is 7.99. The van der Waals surface area contributed by atoms with Gasteiger partial charge in [-0.1, -0.05) is 19.4 Å². The molecule has 16 heavy (non-hydrogen) atoms. The second-order valence-electron chi connectivity index (χ2n) is 4.19. The summed E-state index contributed by atoms with van der Waals surface area (Å²) >= 11 is 1.53. The minimum absolute atomic E-state index is 0.168. The number of nitrogens with one attached hydrogen (secondary N) is 4. The van der Waals surface area contributed by atoms with Crippen LogP contribution >= 0.6 is 11.8 Å². The Hall–Kier alpha value is -0.720. The summed E-state index contributed by atoms with van der Waals surface area (Å²) in [6.07, 6.45) is 6.80. The molecular formula is C10H18N4OS. The van der Waals surface area contributed by atoms with Crippen molar-refractivity contribution in [3.8, 4) is 0 Å². The molecule has 0 bridgehead atoms. The molecule has 0 aromatic heterocycles. The number of rotatable bonds is 3. The van der Waals surface area contributed by atoms with Crippen LogP contribution in [0.5, 0.6) is 0 Å². The van der Waals surface area contributed by atoms with Crippen molar-refractivity contribution in [2.45, 2.75) is 36.8 Å². The molecule has 2 fully saturated rings. The Bertz CT molecular complexity index is 303. The van der Waals surface area contributed by atoms with Crippen LogP contribution in [-0.4, -0.2) is 23.3 Å². The third-order valence-electron chi connectivity index (χ3n) is 3.02. The summed E-state index contributed by atoms with van der Waals surface area (Å²) in [6.45, 7) is 3.60. The van der Waals surface area contributed by atoms with Crippen LogP contribution in [-0.2, 0) is 4.79 Å². The molecule has 4 N–H and O–H groups in total. The molecule has 1 amide bonds. The predicted molar refractivity (Wildman–Crippen MR) is 65.2 cm³/mol. The molecule has 1 heterocycles. The molecule has 0 aromatic rings. The number of hydrogen-bond acceptors (Lipinski definition) is 5. The van der Waals surface area contributed by atoms with Crippen molar-refractivity contribution in [3.63, 3.8) is 0 Å². The average molecular weight is 242 g/mol. The molecule has 0 spiro atoms. The molecule has 5 nitrogen and oxygen atoms in total. The number of carbonyl (C=O) groups is 1. The number of carbonyl (C=O) groups excluding carboxylic acids is 1. The SMILES string of the molecule is C=C1NN[C@](NC2CCCC2)(SC)NC1=O. The van der Waals surface area contributed by atoms with Crippen molar-refractivity contribution in [1.29, 1.82) is 0 Å². The quantitative estimate of drug-likeness (QED) is 0.421. The van der Waals surface area contributed by atoms with Gasteiger partial charge in [0.05, 0.1) is 0 Å². The first kappa shape index (κ1) is 11.8. The maximum absolute atomic E-state index is 11.6. The molecular weight excluding hydrogens is 224 g/mol. The van der Waals surface area contributed by atoms with E-state index in [0.29, 0.717) is 11.7 Å². The van der Waals surface area contributed by atoms with Gasteiger partial charge in [-0.25, -0.2) is 0 Å². The maximum atomic E-state index is 11.6. The van der Waals surface area contributed by atoms with Gasteiger partial charge in [-0.15, -0.1) is 11.8 Å². The summed E-state index contributed by atoms with van der Waals surface area (Å²) in [5.41, 5.74) is 6.21. The van der Waals surface area contributed by atoms with Crippen LogP contribution in [0.2, 0.25) is 0 Å². The molecule has 2 aliphatic rings. The van der Waals surface area contributed by atoms with E-state index in [9.17, 15) is 4.79 Å². The van der Waals surface area contributed by atoms with E-state index < -0.39 is 5.12 Å². The van der Waals surface area contributed by atoms with Crippen LogP contribution in [0.15, 0.2) is 12.3 Å². The molecule has 1 atom stereocenters. The monoisotopic (exact) mass is 242 g/mol. The van der Waals surface area contributed by atoms with Crippen molar-refractivity contribution >= 4 is 17.7 Å². The van der Waals surface area contributed by atoms with Gasteiger partial charge in [0.1, 0.15) is 5.70 Å². The molecule has 1 saturated heterocycles. The lowest BCUT2D eigenvalue weighted by Gasteiger charge is -2.40. The third kappa shape index (κ3) is 2.34. The molecule has 90 valence electrons. The van der Waals surface area contributed by atoms with Crippen LogP contribution in [0.4, 0.5) is 0 Å². The Morgan fingerprint density at radius 3 is 2.75 bits per heavy atom. The lowest BCUT2D eigenvalue weighted by Crippen LogP contribution is -2.74. The lowest BCUT2D eigenvalue weighted by molar-refractivity contribution is -0.121. The summed E-state index contributed by atoms with van der Waals surface area (Å²) in [5, 5.41) is 5.73. The van der Waals surface area contributed by atoms with E-state index in [1.54, 1.807) is 0 Å². The van der Waals surface area contributed by atoms with Crippen molar-refractivity contribution in [3.05, 3.63) is 12.3 Å². The zero-order valence-electron chi connectivity index (χ0n) is 9.43. The van der Waals surface area contributed by atoms with E-state index in [1.165, 1.54) is 37.4 Å². The summed E-state index contributed by atoms with van der Waals surface area (Å²) in [5.74, 6) is -0.168. The molecule has 1 aliphatic heterocycles. The zero-order chi connectivity index (χ0) is 11.6. The Morgan fingerprint density at radius 2 is 2.19 bits per heavy atom. The normalized spacial score (nSPS) is 31.3. The fourth-order valence-corrected chi connectivity index (χ4v) is 2.71. The van der Waals surface area contributed by atoms with E-state index in [1.807, 2.05) is 6.26 Å². The topological polar surface area (TPSA) is 65.2 Å². The fourth-order valence-electron chi connectivity index (χ4n) is 2.08. The van der Waals surface area contributed by atoms with E-state index >= 15 is 0 Å². The first-order chi connectivity index (χ1) is 7.65. The van der Waals surface area contributed by atoms with Crippen LogP contribution in [0.1, 0.15) is 25.7 Å². The van der Waals surface area contributed by atoms with Crippen LogP contribution < -0.4 is 21.5 Å². The van der Waals surface area contributed by atoms with Gasteiger partial charge < -0.3 is 10.7 Å². The van der Waals surface area contributed by atoms with Gasteiger partial charge in [0.2, 0.25) is 5.12 Å². The summed E-state index contributed by atoms with van der Waals surface area (Å²) in [6, 6.07) is 0.466. The Kier molecular flexibility index (Phi) is 3.41. The molecule has 1 aliphatic carbocycles.